The molecule has 1 aromatic heterocycles. The highest BCUT2D eigenvalue weighted by Crippen LogP contribution is 2.28. The SMILES string of the molecule is CCC(C)c1ccc(N2C(=O)NC(=O)C(=Cc3cn(Cc4cccc(C)c4)c4ccccc34)C2=O)cc1. The molecule has 186 valence electrons. The van der Waals surface area contributed by atoms with Gasteiger partial charge in [0.05, 0.1) is 5.69 Å². The Hall–Kier alpha value is -4.45. The van der Waals surface area contributed by atoms with Gasteiger partial charge >= 0.3 is 6.03 Å². The number of rotatable bonds is 6. The summed E-state index contributed by atoms with van der Waals surface area (Å²) < 4.78 is 2.11. The molecule has 1 N–H and O–H groups in total. The first-order chi connectivity index (χ1) is 17.9. The van der Waals surface area contributed by atoms with Crippen molar-refractivity contribution in [1.82, 2.24) is 9.88 Å². The molecule has 1 atom stereocenters. The lowest BCUT2D eigenvalue weighted by molar-refractivity contribution is -0.122. The van der Waals surface area contributed by atoms with E-state index in [2.05, 4.69) is 48.9 Å². The highest BCUT2D eigenvalue weighted by molar-refractivity contribution is 6.39. The van der Waals surface area contributed by atoms with E-state index in [-0.39, 0.29) is 5.57 Å². The van der Waals surface area contributed by atoms with E-state index in [1.807, 2.05) is 48.7 Å². The summed E-state index contributed by atoms with van der Waals surface area (Å²) in [7, 11) is 0. The van der Waals surface area contributed by atoms with Crippen molar-refractivity contribution in [3.8, 4) is 0 Å². The number of para-hydroxylation sites is 1. The van der Waals surface area contributed by atoms with Gasteiger partial charge in [-0.15, -0.1) is 0 Å². The number of aryl methyl sites for hydroxylation is 1. The van der Waals surface area contributed by atoms with Crippen LogP contribution in [0.1, 0.15) is 48.4 Å². The summed E-state index contributed by atoms with van der Waals surface area (Å²) in [6.45, 7) is 6.95. The van der Waals surface area contributed by atoms with Gasteiger partial charge in [-0.3, -0.25) is 14.9 Å². The third kappa shape index (κ3) is 4.70. The van der Waals surface area contributed by atoms with E-state index in [1.165, 1.54) is 5.56 Å². The predicted octanol–water partition coefficient (Wildman–Crippen LogP) is 6.18. The van der Waals surface area contributed by atoms with Crippen molar-refractivity contribution in [1.29, 1.82) is 0 Å². The van der Waals surface area contributed by atoms with Gasteiger partial charge in [0.15, 0.2) is 0 Å². The van der Waals surface area contributed by atoms with Gasteiger partial charge in [-0.2, -0.15) is 0 Å². The zero-order valence-corrected chi connectivity index (χ0v) is 21.2. The Bertz CT molecular complexity index is 1550. The fraction of sp³-hybridized carbons (Fsp3) is 0.194. The third-order valence-electron chi connectivity index (χ3n) is 6.99. The summed E-state index contributed by atoms with van der Waals surface area (Å²) in [5, 5.41) is 3.25. The molecule has 1 aliphatic rings. The molecule has 1 unspecified atom stereocenters. The van der Waals surface area contributed by atoms with E-state index in [1.54, 1.807) is 18.2 Å². The van der Waals surface area contributed by atoms with E-state index in [4.69, 9.17) is 0 Å². The highest BCUT2D eigenvalue weighted by atomic mass is 16.2. The summed E-state index contributed by atoms with van der Waals surface area (Å²) in [5.74, 6) is -0.965. The number of hydrogen-bond donors (Lipinski definition) is 1. The van der Waals surface area contributed by atoms with Crippen molar-refractivity contribution in [3.05, 3.63) is 107 Å². The van der Waals surface area contributed by atoms with Crippen LogP contribution in [0.15, 0.2) is 84.6 Å². The van der Waals surface area contributed by atoms with Gasteiger partial charge in [0.1, 0.15) is 5.57 Å². The van der Waals surface area contributed by atoms with Crippen molar-refractivity contribution in [2.45, 2.75) is 39.7 Å². The molecular formula is C31H29N3O3. The van der Waals surface area contributed by atoms with Crippen LogP contribution < -0.4 is 10.2 Å². The summed E-state index contributed by atoms with van der Waals surface area (Å²) in [6, 6.07) is 22.8. The van der Waals surface area contributed by atoms with E-state index in [9.17, 15) is 14.4 Å². The molecule has 1 fully saturated rings. The number of benzene rings is 3. The lowest BCUT2D eigenvalue weighted by Crippen LogP contribution is -2.54. The van der Waals surface area contributed by atoms with Crippen molar-refractivity contribution in [3.63, 3.8) is 0 Å². The van der Waals surface area contributed by atoms with Crippen molar-refractivity contribution in [2.24, 2.45) is 0 Å². The Morgan fingerprint density at radius 3 is 2.43 bits per heavy atom. The average molecular weight is 492 g/mol. The fourth-order valence-electron chi connectivity index (χ4n) is 4.76. The number of nitrogens with zero attached hydrogens (tertiary/aromatic N) is 2. The van der Waals surface area contributed by atoms with Gasteiger partial charge in [0.25, 0.3) is 11.8 Å². The molecule has 0 radical (unpaired) electrons. The molecule has 6 nitrogen and oxygen atoms in total. The van der Waals surface area contributed by atoms with Crippen LogP contribution in [0.5, 0.6) is 0 Å². The van der Waals surface area contributed by atoms with E-state index < -0.39 is 17.8 Å². The van der Waals surface area contributed by atoms with Crippen molar-refractivity contribution < 1.29 is 14.4 Å². The fourth-order valence-corrected chi connectivity index (χ4v) is 4.76. The van der Waals surface area contributed by atoms with Gasteiger partial charge in [0, 0.05) is 29.2 Å². The molecule has 0 bridgehead atoms. The number of aromatic nitrogens is 1. The molecule has 4 aromatic rings. The van der Waals surface area contributed by atoms with Crippen molar-refractivity contribution >= 4 is 40.5 Å². The van der Waals surface area contributed by atoms with Crippen LogP contribution in [0.25, 0.3) is 17.0 Å². The largest absolute Gasteiger partial charge is 0.342 e. The van der Waals surface area contributed by atoms with Crippen LogP contribution in [-0.4, -0.2) is 22.4 Å². The topological polar surface area (TPSA) is 71.4 Å². The first-order valence-corrected chi connectivity index (χ1v) is 12.5. The lowest BCUT2D eigenvalue weighted by atomic mass is 9.98. The smallest absolute Gasteiger partial charge is 0.335 e. The molecule has 0 spiro atoms. The average Bonchev–Trinajstić information content (AvgIpc) is 3.23. The maximum Gasteiger partial charge on any atom is 0.335 e. The van der Waals surface area contributed by atoms with E-state index in [0.29, 0.717) is 18.2 Å². The number of carbonyl (C=O) groups excluding carboxylic acids is 3. The maximum atomic E-state index is 13.5. The van der Waals surface area contributed by atoms with Gasteiger partial charge in [-0.05, 0) is 54.7 Å². The maximum absolute atomic E-state index is 13.5. The summed E-state index contributed by atoms with van der Waals surface area (Å²) >= 11 is 0. The number of anilines is 1. The van der Waals surface area contributed by atoms with Crippen LogP contribution in [0.2, 0.25) is 0 Å². The number of carbonyl (C=O) groups is 3. The second kappa shape index (κ2) is 9.90. The van der Waals surface area contributed by atoms with Crippen LogP contribution in [0.3, 0.4) is 0 Å². The molecule has 1 aliphatic heterocycles. The Morgan fingerprint density at radius 1 is 0.946 bits per heavy atom. The Labute approximate surface area is 216 Å². The van der Waals surface area contributed by atoms with Crippen LogP contribution >= 0.6 is 0 Å². The second-order valence-corrected chi connectivity index (χ2v) is 9.58. The highest BCUT2D eigenvalue weighted by Gasteiger charge is 2.37. The molecule has 1 saturated heterocycles. The number of urea groups is 1. The predicted molar refractivity (Wildman–Crippen MR) is 146 cm³/mol. The molecule has 0 saturated carbocycles. The van der Waals surface area contributed by atoms with E-state index in [0.717, 1.165) is 38.9 Å². The number of fused-ring (bicyclic) bond motifs is 1. The number of amides is 4. The molecular weight excluding hydrogens is 462 g/mol. The van der Waals surface area contributed by atoms with Crippen molar-refractivity contribution in [2.75, 3.05) is 4.90 Å². The zero-order chi connectivity index (χ0) is 26.1. The monoisotopic (exact) mass is 491 g/mol. The first kappa shape index (κ1) is 24.3. The minimum absolute atomic E-state index is 0.0796. The van der Waals surface area contributed by atoms with Gasteiger partial charge in [-0.25, -0.2) is 9.69 Å². The van der Waals surface area contributed by atoms with Crippen LogP contribution in [-0.2, 0) is 16.1 Å². The number of hydrogen-bond acceptors (Lipinski definition) is 3. The van der Waals surface area contributed by atoms with Gasteiger partial charge in [0.2, 0.25) is 0 Å². The lowest BCUT2D eigenvalue weighted by Gasteiger charge is -2.26. The number of imide groups is 2. The zero-order valence-electron chi connectivity index (χ0n) is 21.2. The molecule has 3 aromatic carbocycles. The normalized spacial score (nSPS) is 15.9. The molecule has 4 amide bonds. The van der Waals surface area contributed by atoms with Gasteiger partial charge < -0.3 is 4.57 Å². The minimum Gasteiger partial charge on any atom is -0.342 e. The van der Waals surface area contributed by atoms with E-state index >= 15 is 0 Å². The minimum atomic E-state index is -0.745. The van der Waals surface area contributed by atoms with Crippen LogP contribution in [0.4, 0.5) is 10.5 Å². The molecule has 0 aliphatic carbocycles. The summed E-state index contributed by atoms with van der Waals surface area (Å²) in [4.78, 5) is 40.0. The molecule has 37 heavy (non-hydrogen) atoms. The second-order valence-electron chi connectivity index (χ2n) is 9.58. The quantitative estimate of drug-likeness (QED) is 0.259. The standard InChI is InChI=1S/C31H29N3O3/c1-4-21(3)23-12-14-25(15-13-23)34-30(36)27(29(35)32-31(34)37)17-24-19-33(28-11-6-5-10-26(24)28)18-22-9-7-8-20(2)16-22/h5-17,19,21H,4,18H2,1-3H3,(H,32,35,37). The Kier molecular flexibility index (Phi) is 6.49. The first-order valence-electron chi connectivity index (χ1n) is 12.5. The molecule has 6 heteroatoms. The third-order valence-corrected chi connectivity index (χ3v) is 6.99. The Balaban J connectivity index is 1.52. The Morgan fingerprint density at radius 2 is 1.70 bits per heavy atom. The number of nitrogens with one attached hydrogen (secondary N) is 1. The van der Waals surface area contributed by atoms with Gasteiger partial charge in [-0.1, -0.05) is 74.0 Å². The summed E-state index contributed by atoms with van der Waals surface area (Å²) in [6.07, 6.45) is 4.52. The number of barbiturate groups is 1. The molecule has 5 rings (SSSR count). The summed E-state index contributed by atoms with van der Waals surface area (Å²) in [5.41, 5.74) is 5.55. The molecule has 2 heterocycles. The van der Waals surface area contributed by atoms with Crippen LogP contribution in [0, 0.1) is 6.92 Å².